The predicted molar refractivity (Wildman–Crippen MR) is 65.4 cm³/mol. The van der Waals surface area contributed by atoms with E-state index >= 15 is 0 Å². The zero-order chi connectivity index (χ0) is 14.2. The van der Waals surface area contributed by atoms with E-state index in [0.29, 0.717) is 19.4 Å². The van der Waals surface area contributed by atoms with Crippen molar-refractivity contribution in [1.29, 1.82) is 0 Å². The molecule has 0 radical (unpaired) electrons. The van der Waals surface area contributed by atoms with Crippen LogP contribution in [-0.2, 0) is 14.3 Å². The van der Waals surface area contributed by atoms with Crippen molar-refractivity contribution in [3.63, 3.8) is 0 Å². The number of alkyl carbamates (subject to hydrolysis) is 1. The summed E-state index contributed by atoms with van der Waals surface area (Å²) >= 11 is 0. The average Bonchev–Trinajstić information content (AvgIpc) is 2.23. The first-order valence-electron chi connectivity index (χ1n) is 5.72. The standard InChI is InChI=1S/C11H21N3O4/c1-8(9(16)14-13-7-15)5-6-12-10(17)18-11(2,3)4/h7-8H,5-6H2,1-4H3,(H,12,17)(H,13,15)(H,14,16). The normalized spacial score (nSPS) is 12.2. The third-order valence-electron chi connectivity index (χ3n) is 1.95. The second kappa shape index (κ2) is 7.52. The molecule has 7 nitrogen and oxygen atoms in total. The van der Waals surface area contributed by atoms with E-state index in [1.54, 1.807) is 27.7 Å². The maximum absolute atomic E-state index is 11.3. The van der Waals surface area contributed by atoms with Gasteiger partial charge in [0.25, 0.3) is 0 Å². The van der Waals surface area contributed by atoms with Crippen molar-refractivity contribution in [3.05, 3.63) is 0 Å². The number of hydrogen-bond donors (Lipinski definition) is 3. The van der Waals surface area contributed by atoms with Crippen molar-refractivity contribution >= 4 is 18.4 Å². The van der Waals surface area contributed by atoms with Gasteiger partial charge in [0.05, 0.1) is 0 Å². The van der Waals surface area contributed by atoms with Gasteiger partial charge in [-0.1, -0.05) is 6.92 Å². The second-order valence-corrected chi connectivity index (χ2v) is 4.87. The number of carbonyl (C=O) groups is 3. The van der Waals surface area contributed by atoms with E-state index in [-0.39, 0.29) is 11.8 Å². The van der Waals surface area contributed by atoms with Gasteiger partial charge in [-0.3, -0.25) is 20.4 Å². The molecule has 0 saturated heterocycles. The van der Waals surface area contributed by atoms with Crippen molar-refractivity contribution < 1.29 is 19.1 Å². The van der Waals surface area contributed by atoms with Crippen LogP contribution in [0.2, 0.25) is 0 Å². The summed E-state index contributed by atoms with van der Waals surface area (Å²) in [5.41, 5.74) is 3.73. The molecule has 0 spiro atoms. The molecule has 104 valence electrons. The van der Waals surface area contributed by atoms with E-state index in [9.17, 15) is 14.4 Å². The van der Waals surface area contributed by atoms with E-state index in [4.69, 9.17) is 4.74 Å². The molecule has 0 bridgehead atoms. The van der Waals surface area contributed by atoms with E-state index in [0.717, 1.165) is 0 Å². The molecule has 0 rings (SSSR count). The van der Waals surface area contributed by atoms with Gasteiger partial charge >= 0.3 is 6.09 Å². The highest BCUT2D eigenvalue weighted by Gasteiger charge is 2.17. The minimum atomic E-state index is -0.541. The van der Waals surface area contributed by atoms with Gasteiger partial charge in [0.15, 0.2) is 0 Å². The number of rotatable bonds is 6. The van der Waals surface area contributed by atoms with Gasteiger partial charge in [-0.05, 0) is 27.2 Å². The fourth-order valence-electron chi connectivity index (χ4n) is 1.06. The molecule has 0 aromatic heterocycles. The number of amides is 3. The molecule has 18 heavy (non-hydrogen) atoms. The van der Waals surface area contributed by atoms with Crippen LogP contribution in [0.3, 0.4) is 0 Å². The van der Waals surface area contributed by atoms with E-state index in [1.807, 2.05) is 0 Å². The highest BCUT2D eigenvalue weighted by Crippen LogP contribution is 2.06. The largest absolute Gasteiger partial charge is 0.444 e. The minimum Gasteiger partial charge on any atom is -0.444 e. The lowest BCUT2D eigenvalue weighted by Crippen LogP contribution is -2.40. The molecule has 3 N–H and O–H groups in total. The minimum absolute atomic E-state index is 0.312. The van der Waals surface area contributed by atoms with Crippen molar-refractivity contribution in [2.24, 2.45) is 5.92 Å². The molecule has 0 aliphatic heterocycles. The topological polar surface area (TPSA) is 96.5 Å². The third kappa shape index (κ3) is 8.37. The molecule has 0 aliphatic carbocycles. The average molecular weight is 259 g/mol. The van der Waals surface area contributed by atoms with Crippen LogP contribution in [-0.4, -0.2) is 30.6 Å². The second-order valence-electron chi connectivity index (χ2n) is 4.87. The first-order valence-corrected chi connectivity index (χ1v) is 5.72. The first-order chi connectivity index (χ1) is 8.26. The Balaban J connectivity index is 3.80. The summed E-state index contributed by atoms with van der Waals surface area (Å²) in [5, 5.41) is 2.55. The van der Waals surface area contributed by atoms with Crippen LogP contribution in [0.4, 0.5) is 4.79 Å². The molecule has 0 aliphatic rings. The zero-order valence-corrected chi connectivity index (χ0v) is 11.2. The quantitative estimate of drug-likeness (QED) is 0.472. The maximum atomic E-state index is 11.3. The third-order valence-corrected chi connectivity index (χ3v) is 1.95. The SMILES string of the molecule is CC(CCNC(=O)OC(C)(C)C)C(=O)NNC=O. The number of ether oxygens (including phenoxy) is 1. The molecule has 3 amide bonds. The van der Waals surface area contributed by atoms with Crippen LogP contribution in [0, 0.1) is 5.92 Å². The summed E-state index contributed by atoms with van der Waals surface area (Å²) < 4.78 is 5.04. The Morgan fingerprint density at radius 1 is 1.33 bits per heavy atom. The summed E-state index contributed by atoms with van der Waals surface area (Å²) in [4.78, 5) is 32.6. The van der Waals surface area contributed by atoms with Crippen molar-refractivity contribution in [2.75, 3.05) is 6.54 Å². The molecule has 0 aromatic rings. The summed E-state index contributed by atoms with van der Waals surface area (Å²) in [6.07, 6.45) is 0.316. The van der Waals surface area contributed by atoms with Gasteiger partial charge in [-0.2, -0.15) is 0 Å². The predicted octanol–water partition coefficient (Wildman–Crippen LogP) is 0.315. The zero-order valence-electron chi connectivity index (χ0n) is 11.2. The van der Waals surface area contributed by atoms with Gasteiger partial charge in [-0.25, -0.2) is 4.79 Å². The molecular weight excluding hydrogens is 238 g/mol. The molecule has 0 saturated carbocycles. The Kier molecular flexibility index (Phi) is 6.77. The van der Waals surface area contributed by atoms with Gasteiger partial charge in [-0.15, -0.1) is 0 Å². The monoisotopic (exact) mass is 259 g/mol. The molecular formula is C11H21N3O4. The Labute approximate surface area is 107 Å². The van der Waals surface area contributed by atoms with Crippen LogP contribution in [0.5, 0.6) is 0 Å². The van der Waals surface area contributed by atoms with E-state index < -0.39 is 11.7 Å². The van der Waals surface area contributed by atoms with Gasteiger partial charge in [0.2, 0.25) is 12.3 Å². The lowest BCUT2D eigenvalue weighted by atomic mass is 10.1. The van der Waals surface area contributed by atoms with Crippen LogP contribution < -0.4 is 16.2 Å². The summed E-state index contributed by atoms with van der Waals surface area (Å²) in [7, 11) is 0. The highest BCUT2D eigenvalue weighted by atomic mass is 16.6. The van der Waals surface area contributed by atoms with Gasteiger partial charge in [0.1, 0.15) is 5.60 Å². The van der Waals surface area contributed by atoms with Crippen LogP contribution in [0.15, 0.2) is 0 Å². The first kappa shape index (κ1) is 16.2. The number of nitrogens with one attached hydrogen (secondary N) is 3. The lowest BCUT2D eigenvalue weighted by Gasteiger charge is -2.20. The fraction of sp³-hybridized carbons (Fsp3) is 0.727. The maximum Gasteiger partial charge on any atom is 0.407 e. The number of carbonyl (C=O) groups excluding carboxylic acids is 3. The molecule has 1 atom stereocenters. The number of hydrogen-bond acceptors (Lipinski definition) is 4. The molecule has 0 aromatic carbocycles. The van der Waals surface area contributed by atoms with Crippen LogP contribution in [0.1, 0.15) is 34.1 Å². The van der Waals surface area contributed by atoms with Crippen molar-refractivity contribution in [2.45, 2.75) is 39.7 Å². The molecule has 1 unspecified atom stereocenters. The molecule has 0 heterocycles. The smallest absolute Gasteiger partial charge is 0.407 e. The van der Waals surface area contributed by atoms with E-state index in [2.05, 4.69) is 16.2 Å². The van der Waals surface area contributed by atoms with Crippen LogP contribution in [0.25, 0.3) is 0 Å². The Morgan fingerprint density at radius 3 is 2.44 bits per heavy atom. The van der Waals surface area contributed by atoms with E-state index in [1.165, 1.54) is 0 Å². The van der Waals surface area contributed by atoms with Crippen LogP contribution >= 0.6 is 0 Å². The Bertz CT molecular complexity index is 299. The summed E-state index contributed by atoms with van der Waals surface area (Å²) in [6, 6.07) is 0. The van der Waals surface area contributed by atoms with Crippen molar-refractivity contribution in [1.82, 2.24) is 16.2 Å². The fourth-order valence-corrected chi connectivity index (χ4v) is 1.06. The summed E-state index contributed by atoms with van der Waals surface area (Å²) in [5.74, 6) is -0.638. The van der Waals surface area contributed by atoms with Gasteiger partial charge in [0, 0.05) is 12.5 Å². The molecule has 0 fully saturated rings. The lowest BCUT2D eigenvalue weighted by molar-refractivity contribution is -0.127. The van der Waals surface area contributed by atoms with Crippen molar-refractivity contribution in [3.8, 4) is 0 Å². The Hall–Kier alpha value is -1.79. The Morgan fingerprint density at radius 2 is 1.94 bits per heavy atom. The highest BCUT2D eigenvalue weighted by molar-refractivity contribution is 5.79. The number of hydrazine groups is 1. The van der Waals surface area contributed by atoms with Gasteiger partial charge < -0.3 is 10.1 Å². The molecule has 7 heteroatoms. The summed E-state index contributed by atoms with van der Waals surface area (Å²) in [6.45, 7) is 7.33.